The summed E-state index contributed by atoms with van der Waals surface area (Å²) in [5.41, 5.74) is 4.29. The summed E-state index contributed by atoms with van der Waals surface area (Å²) in [5, 5.41) is 3.20. The Hall–Kier alpha value is -2.34. The second-order valence-electron chi connectivity index (χ2n) is 8.99. The molecule has 3 atom stereocenters. The first-order chi connectivity index (χ1) is 14.2. The fraction of sp³-hybridized carbons (Fsp3) is 0.458. The molecule has 0 saturated heterocycles. The lowest BCUT2D eigenvalue weighted by atomic mass is 9.95. The van der Waals surface area contributed by atoms with Gasteiger partial charge in [0.1, 0.15) is 0 Å². The van der Waals surface area contributed by atoms with Gasteiger partial charge >= 0.3 is 0 Å². The molecule has 5 nitrogen and oxygen atoms in total. The van der Waals surface area contributed by atoms with E-state index >= 15 is 0 Å². The topological polar surface area (TPSA) is 66.5 Å². The van der Waals surface area contributed by atoms with E-state index in [4.69, 9.17) is 0 Å². The van der Waals surface area contributed by atoms with Crippen LogP contribution in [-0.4, -0.2) is 26.6 Å². The van der Waals surface area contributed by atoms with Crippen molar-refractivity contribution < 1.29 is 13.2 Å². The van der Waals surface area contributed by atoms with Gasteiger partial charge in [-0.1, -0.05) is 24.6 Å². The van der Waals surface area contributed by atoms with Crippen LogP contribution in [0.3, 0.4) is 0 Å². The highest BCUT2D eigenvalue weighted by Gasteiger charge is 2.40. The molecule has 0 aromatic heterocycles. The van der Waals surface area contributed by atoms with E-state index in [0.717, 1.165) is 29.0 Å². The van der Waals surface area contributed by atoms with Gasteiger partial charge in [0.05, 0.1) is 18.5 Å². The average Bonchev–Trinajstić information content (AvgIpc) is 3.31. The van der Waals surface area contributed by atoms with Gasteiger partial charge in [-0.2, -0.15) is 0 Å². The molecular formula is C24H30N2O3S. The van der Waals surface area contributed by atoms with Gasteiger partial charge in [0.25, 0.3) is 5.91 Å². The van der Waals surface area contributed by atoms with Crippen LogP contribution in [0, 0.1) is 25.7 Å². The van der Waals surface area contributed by atoms with Crippen molar-refractivity contribution in [2.75, 3.05) is 10.6 Å². The Balaban J connectivity index is 1.47. The molecule has 160 valence electrons. The zero-order chi connectivity index (χ0) is 21.5. The number of rotatable bonds is 6. The van der Waals surface area contributed by atoms with Crippen LogP contribution in [0.5, 0.6) is 0 Å². The minimum Gasteiger partial charge on any atom is -0.349 e. The Morgan fingerprint density at radius 2 is 1.77 bits per heavy atom. The number of nitrogens with zero attached hydrogens (tertiary/aromatic N) is 1. The van der Waals surface area contributed by atoms with Gasteiger partial charge in [0, 0.05) is 11.6 Å². The molecule has 1 N–H and O–H groups in total. The van der Waals surface area contributed by atoms with E-state index in [2.05, 4.69) is 5.32 Å². The molecule has 2 aromatic rings. The van der Waals surface area contributed by atoms with E-state index in [1.807, 2.05) is 44.2 Å². The summed E-state index contributed by atoms with van der Waals surface area (Å²) in [5.74, 6) is 1.39. The molecule has 2 aliphatic rings. The number of aryl methyl sites for hydroxylation is 2. The summed E-state index contributed by atoms with van der Waals surface area (Å²) in [6, 6.07) is 13.2. The third-order valence-electron chi connectivity index (χ3n) is 6.78. The summed E-state index contributed by atoms with van der Waals surface area (Å²) in [6.45, 7) is 4.21. The monoisotopic (exact) mass is 426 g/mol. The SMILES string of the molecule is Cc1ccc(N(Cc2ccc(C(=O)N[C@@H]3C[C@H]4CC[C@H]3C4)cc2)S(C)(=O)=O)cc1C. The van der Waals surface area contributed by atoms with Crippen molar-refractivity contribution in [1.29, 1.82) is 0 Å². The second-order valence-corrected chi connectivity index (χ2v) is 10.9. The van der Waals surface area contributed by atoms with E-state index in [9.17, 15) is 13.2 Å². The van der Waals surface area contributed by atoms with Crippen LogP contribution in [0.15, 0.2) is 42.5 Å². The molecule has 2 bridgehead atoms. The van der Waals surface area contributed by atoms with E-state index in [-0.39, 0.29) is 12.5 Å². The van der Waals surface area contributed by atoms with Crippen molar-refractivity contribution in [2.24, 2.45) is 11.8 Å². The van der Waals surface area contributed by atoms with E-state index in [1.54, 1.807) is 12.1 Å². The number of nitrogens with one attached hydrogen (secondary N) is 1. The molecule has 0 radical (unpaired) electrons. The Labute approximate surface area is 179 Å². The molecule has 1 amide bonds. The van der Waals surface area contributed by atoms with Crippen LogP contribution in [-0.2, 0) is 16.6 Å². The Kier molecular flexibility index (Phi) is 5.62. The van der Waals surface area contributed by atoms with Gasteiger partial charge in [-0.25, -0.2) is 8.42 Å². The highest BCUT2D eigenvalue weighted by Crippen LogP contribution is 2.44. The average molecular weight is 427 g/mol. The zero-order valence-corrected chi connectivity index (χ0v) is 18.7. The zero-order valence-electron chi connectivity index (χ0n) is 17.9. The molecule has 2 aromatic carbocycles. The third-order valence-corrected chi connectivity index (χ3v) is 7.92. The van der Waals surface area contributed by atoms with Gasteiger partial charge in [-0.15, -0.1) is 0 Å². The molecule has 2 aliphatic carbocycles. The van der Waals surface area contributed by atoms with Crippen molar-refractivity contribution >= 4 is 21.6 Å². The summed E-state index contributed by atoms with van der Waals surface area (Å²) >= 11 is 0. The molecule has 0 unspecified atom stereocenters. The van der Waals surface area contributed by atoms with Crippen LogP contribution in [0.1, 0.15) is 52.7 Å². The molecule has 2 saturated carbocycles. The molecule has 30 heavy (non-hydrogen) atoms. The first kappa shape index (κ1) is 20.9. The largest absolute Gasteiger partial charge is 0.349 e. The van der Waals surface area contributed by atoms with Gasteiger partial charge in [-0.3, -0.25) is 9.10 Å². The maximum atomic E-state index is 12.6. The van der Waals surface area contributed by atoms with Crippen LogP contribution in [0.4, 0.5) is 5.69 Å². The minimum absolute atomic E-state index is 0.0340. The maximum Gasteiger partial charge on any atom is 0.251 e. The number of benzene rings is 2. The molecule has 6 heteroatoms. The van der Waals surface area contributed by atoms with Crippen molar-refractivity contribution in [3.8, 4) is 0 Å². The number of hydrogen-bond donors (Lipinski definition) is 1. The smallest absolute Gasteiger partial charge is 0.251 e. The number of sulfonamides is 1. The fourth-order valence-corrected chi connectivity index (χ4v) is 5.76. The van der Waals surface area contributed by atoms with Crippen molar-refractivity contribution in [3.63, 3.8) is 0 Å². The molecule has 0 spiro atoms. The van der Waals surface area contributed by atoms with Gasteiger partial charge < -0.3 is 5.32 Å². The Bertz CT molecular complexity index is 1050. The summed E-state index contributed by atoms with van der Waals surface area (Å²) in [6.07, 6.45) is 6.12. The number of carbonyl (C=O) groups is 1. The lowest BCUT2D eigenvalue weighted by Crippen LogP contribution is -2.38. The van der Waals surface area contributed by atoms with Crippen LogP contribution < -0.4 is 9.62 Å². The second kappa shape index (κ2) is 8.06. The number of amides is 1. The van der Waals surface area contributed by atoms with Gasteiger partial charge in [0.15, 0.2) is 0 Å². The van der Waals surface area contributed by atoms with E-state index in [0.29, 0.717) is 23.2 Å². The number of hydrogen-bond acceptors (Lipinski definition) is 3. The van der Waals surface area contributed by atoms with Crippen molar-refractivity contribution in [3.05, 3.63) is 64.7 Å². The first-order valence-corrected chi connectivity index (χ1v) is 12.5. The normalized spacial score (nSPS) is 22.8. The lowest BCUT2D eigenvalue weighted by Gasteiger charge is -2.24. The number of anilines is 1. The van der Waals surface area contributed by atoms with Crippen molar-refractivity contribution in [2.45, 2.75) is 52.1 Å². The molecule has 0 aliphatic heterocycles. The Morgan fingerprint density at radius 3 is 2.33 bits per heavy atom. The number of carbonyl (C=O) groups excluding carboxylic acids is 1. The minimum atomic E-state index is -3.44. The standard InChI is InChI=1S/C24H30N2O3S/c1-16-4-11-22(12-17(16)2)26(30(3,28)29)15-18-5-8-20(9-6-18)24(27)25-23-14-19-7-10-21(23)13-19/h4-6,8-9,11-12,19,21,23H,7,10,13-15H2,1-3H3,(H,25,27)/t19-,21-,23+/m0/s1. The first-order valence-electron chi connectivity index (χ1n) is 10.7. The Morgan fingerprint density at radius 1 is 1.03 bits per heavy atom. The summed E-state index contributed by atoms with van der Waals surface area (Å²) in [7, 11) is -3.44. The lowest BCUT2D eigenvalue weighted by molar-refractivity contribution is 0.0923. The fourth-order valence-electron chi connectivity index (χ4n) is 4.88. The number of fused-ring (bicyclic) bond motifs is 2. The maximum absolute atomic E-state index is 12.6. The molecule has 4 rings (SSSR count). The predicted octanol–water partition coefficient (Wildman–Crippen LogP) is 4.19. The summed E-state index contributed by atoms with van der Waals surface area (Å²) in [4.78, 5) is 12.6. The van der Waals surface area contributed by atoms with Crippen LogP contribution >= 0.6 is 0 Å². The van der Waals surface area contributed by atoms with Gasteiger partial charge in [0.2, 0.25) is 10.0 Å². The highest BCUT2D eigenvalue weighted by atomic mass is 32.2. The van der Waals surface area contributed by atoms with E-state index in [1.165, 1.54) is 29.8 Å². The third kappa shape index (κ3) is 4.38. The van der Waals surface area contributed by atoms with Crippen LogP contribution in [0.25, 0.3) is 0 Å². The molecule has 0 heterocycles. The van der Waals surface area contributed by atoms with E-state index < -0.39 is 10.0 Å². The van der Waals surface area contributed by atoms with Crippen LogP contribution in [0.2, 0.25) is 0 Å². The van der Waals surface area contributed by atoms with Gasteiger partial charge in [-0.05, 0) is 85.9 Å². The summed E-state index contributed by atoms with van der Waals surface area (Å²) < 4.78 is 26.3. The quantitative estimate of drug-likeness (QED) is 0.753. The predicted molar refractivity (Wildman–Crippen MR) is 120 cm³/mol. The molecular weight excluding hydrogens is 396 g/mol. The van der Waals surface area contributed by atoms with Crippen molar-refractivity contribution in [1.82, 2.24) is 5.32 Å². The highest BCUT2D eigenvalue weighted by molar-refractivity contribution is 7.92. The molecule has 2 fully saturated rings.